The van der Waals surface area contributed by atoms with Crippen LogP contribution in [-0.2, 0) is 27.1 Å². The van der Waals surface area contributed by atoms with Crippen molar-refractivity contribution in [1.82, 2.24) is 4.98 Å². The summed E-state index contributed by atoms with van der Waals surface area (Å²) in [7, 11) is 1.64. The Kier molecular flexibility index (Phi) is 7.53. The fourth-order valence-electron chi connectivity index (χ4n) is 4.15. The van der Waals surface area contributed by atoms with E-state index >= 15 is 0 Å². The van der Waals surface area contributed by atoms with Gasteiger partial charge in [-0.15, -0.1) is 0 Å². The highest BCUT2D eigenvalue weighted by Crippen LogP contribution is 2.32. The molecule has 180 valence electrons. The highest BCUT2D eigenvalue weighted by atomic mass is 16.6. The van der Waals surface area contributed by atoms with E-state index in [1.54, 1.807) is 7.11 Å². The molecular weight excluding hydrogens is 434 g/mol. The Hall–Kier alpha value is -3.32. The molecule has 3 aromatic rings. The summed E-state index contributed by atoms with van der Waals surface area (Å²) >= 11 is 0. The van der Waals surface area contributed by atoms with Gasteiger partial charge in [0, 0.05) is 25.0 Å². The number of rotatable bonds is 10. The fraction of sp³-hybridized carbons (Fsp3) is 0.407. The van der Waals surface area contributed by atoms with Crippen molar-refractivity contribution in [2.24, 2.45) is 0 Å². The molecule has 7 heteroatoms. The van der Waals surface area contributed by atoms with Gasteiger partial charge in [-0.25, -0.2) is 9.78 Å². The van der Waals surface area contributed by atoms with Gasteiger partial charge < -0.3 is 23.4 Å². The summed E-state index contributed by atoms with van der Waals surface area (Å²) in [5, 5.41) is 0. The predicted molar refractivity (Wildman–Crippen MR) is 127 cm³/mol. The highest BCUT2D eigenvalue weighted by Gasteiger charge is 2.44. The lowest BCUT2D eigenvalue weighted by molar-refractivity contribution is -0.166. The first-order valence-corrected chi connectivity index (χ1v) is 11.7. The van der Waals surface area contributed by atoms with Crippen LogP contribution < -0.4 is 9.47 Å². The Bertz CT molecular complexity index is 1080. The average Bonchev–Trinajstić information content (AvgIpc) is 3.48. The van der Waals surface area contributed by atoms with Gasteiger partial charge in [0.1, 0.15) is 17.3 Å². The third kappa shape index (κ3) is 5.42. The number of nitrogens with zero attached hydrogens (tertiary/aromatic N) is 1. The molecule has 1 unspecified atom stereocenters. The third-order valence-electron chi connectivity index (χ3n) is 6.00. The smallest absolute Gasteiger partial charge is 0.338 e. The minimum absolute atomic E-state index is 0.273. The van der Waals surface area contributed by atoms with E-state index in [2.05, 4.69) is 4.98 Å². The van der Waals surface area contributed by atoms with Gasteiger partial charge in [-0.05, 0) is 68.7 Å². The number of hydrogen-bond acceptors (Lipinski definition) is 7. The molecule has 1 aromatic heterocycles. The van der Waals surface area contributed by atoms with Gasteiger partial charge >= 0.3 is 5.97 Å². The van der Waals surface area contributed by atoms with Gasteiger partial charge in [0.25, 0.3) is 0 Å². The van der Waals surface area contributed by atoms with Crippen molar-refractivity contribution in [3.05, 3.63) is 65.5 Å². The molecule has 1 aliphatic rings. The summed E-state index contributed by atoms with van der Waals surface area (Å²) in [5.74, 6) is 2.65. The van der Waals surface area contributed by atoms with Crippen molar-refractivity contribution < 1.29 is 28.2 Å². The van der Waals surface area contributed by atoms with Crippen LogP contribution in [-0.4, -0.2) is 43.5 Å². The topological polar surface area (TPSA) is 80.0 Å². The van der Waals surface area contributed by atoms with E-state index in [0.29, 0.717) is 45.0 Å². The lowest BCUT2D eigenvalue weighted by Crippen LogP contribution is -2.41. The fourth-order valence-corrected chi connectivity index (χ4v) is 4.15. The monoisotopic (exact) mass is 465 g/mol. The Labute approximate surface area is 200 Å². The zero-order valence-corrected chi connectivity index (χ0v) is 20.0. The Morgan fingerprint density at radius 3 is 2.47 bits per heavy atom. The number of aryl methyl sites for hydroxylation is 1. The molecule has 0 saturated carbocycles. The quantitative estimate of drug-likeness (QED) is 0.393. The van der Waals surface area contributed by atoms with Gasteiger partial charge in [-0.3, -0.25) is 0 Å². The van der Waals surface area contributed by atoms with E-state index in [9.17, 15) is 4.79 Å². The van der Waals surface area contributed by atoms with E-state index in [0.717, 1.165) is 40.5 Å². The first kappa shape index (κ1) is 23.8. The zero-order valence-electron chi connectivity index (χ0n) is 20.0. The van der Waals surface area contributed by atoms with Gasteiger partial charge in [0.2, 0.25) is 5.89 Å². The number of esters is 1. The second-order valence-electron chi connectivity index (χ2n) is 8.34. The molecule has 0 bridgehead atoms. The number of methoxy groups -OCH3 is 1. The molecule has 1 aliphatic heterocycles. The van der Waals surface area contributed by atoms with Gasteiger partial charge in [-0.1, -0.05) is 12.1 Å². The molecule has 4 rings (SSSR count). The Balaban J connectivity index is 1.32. The van der Waals surface area contributed by atoms with Crippen molar-refractivity contribution in [3.63, 3.8) is 0 Å². The second kappa shape index (κ2) is 10.7. The lowest BCUT2D eigenvalue weighted by atomic mass is 9.91. The van der Waals surface area contributed by atoms with E-state index in [-0.39, 0.29) is 5.97 Å². The summed E-state index contributed by atoms with van der Waals surface area (Å²) in [6.07, 6.45) is 2.67. The van der Waals surface area contributed by atoms with Crippen LogP contribution in [0.25, 0.3) is 11.5 Å². The van der Waals surface area contributed by atoms with Gasteiger partial charge in [-0.2, -0.15) is 0 Å². The summed E-state index contributed by atoms with van der Waals surface area (Å²) in [6.45, 7) is 5.14. The third-order valence-corrected chi connectivity index (χ3v) is 6.00. The maximum atomic E-state index is 12.5. The first-order valence-electron chi connectivity index (χ1n) is 11.7. The lowest BCUT2D eigenvalue weighted by Gasteiger charge is -2.26. The maximum Gasteiger partial charge on any atom is 0.338 e. The molecule has 2 heterocycles. The highest BCUT2D eigenvalue weighted by molar-refractivity contribution is 5.80. The Morgan fingerprint density at radius 1 is 1.09 bits per heavy atom. The standard InChI is InChI=1S/C27H31NO6/c1-4-31-26(29)27(15-5-16-33-27)18-20-6-10-23(11-7-20)32-17-14-24-19(2)34-25(28-24)21-8-12-22(30-3)13-9-21/h6-13H,4-5,14-18H2,1-3H3. The average molecular weight is 466 g/mol. The summed E-state index contributed by atoms with van der Waals surface area (Å²) in [6, 6.07) is 15.4. The molecule has 0 N–H and O–H groups in total. The summed E-state index contributed by atoms with van der Waals surface area (Å²) in [4.78, 5) is 17.1. The molecule has 2 aromatic carbocycles. The summed E-state index contributed by atoms with van der Waals surface area (Å²) < 4.78 is 28.1. The molecule has 0 spiro atoms. The number of ether oxygens (including phenoxy) is 4. The largest absolute Gasteiger partial charge is 0.497 e. The molecule has 1 atom stereocenters. The van der Waals surface area contributed by atoms with Crippen LogP contribution in [0.15, 0.2) is 52.9 Å². The Morgan fingerprint density at radius 2 is 1.82 bits per heavy atom. The number of oxazole rings is 1. The van der Waals surface area contributed by atoms with Crippen LogP contribution >= 0.6 is 0 Å². The van der Waals surface area contributed by atoms with E-state index in [1.807, 2.05) is 62.4 Å². The number of benzene rings is 2. The van der Waals surface area contributed by atoms with Crippen molar-refractivity contribution in [2.75, 3.05) is 26.9 Å². The molecule has 0 radical (unpaired) electrons. The van der Waals surface area contributed by atoms with Crippen molar-refractivity contribution in [1.29, 1.82) is 0 Å². The normalized spacial score (nSPS) is 17.5. The minimum Gasteiger partial charge on any atom is -0.497 e. The molecule has 1 saturated heterocycles. The van der Waals surface area contributed by atoms with Crippen LogP contribution in [0.3, 0.4) is 0 Å². The molecule has 0 aliphatic carbocycles. The van der Waals surface area contributed by atoms with E-state index < -0.39 is 5.60 Å². The number of carbonyl (C=O) groups is 1. The van der Waals surface area contributed by atoms with Crippen LogP contribution in [0.4, 0.5) is 0 Å². The SMILES string of the molecule is CCOC(=O)C1(Cc2ccc(OCCc3nc(-c4ccc(OC)cc4)oc3C)cc2)CCCO1. The zero-order chi connectivity index (χ0) is 24.0. The van der Waals surface area contributed by atoms with Gasteiger partial charge in [0.05, 0.1) is 26.0 Å². The van der Waals surface area contributed by atoms with Crippen LogP contribution in [0.1, 0.15) is 36.8 Å². The number of hydrogen-bond donors (Lipinski definition) is 0. The second-order valence-corrected chi connectivity index (χ2v) is 8.34. The molecule has 0 amide bonds. The molecule has 7 nitrogen and oxygen atoms in total. The molecular formula is C27H31NO6. The summed E-state index contributed by atoms with van der Waals surface area (Å²) in [5.41, 5.74) is 1.92. The maximum absolute atomic E-state index is 12.5. The van der Waals surface area contributed by atoms with E-state index in [1.165, 1.54) is 0 Å². The van der Waals surface area contributed by atoms with Crippen molar-refractivity contribution >= 4 is 5.97 Å². The van der Waals surface area contributed by atoms with Crippen LogP contribution in [0.2, 0.25) is 0 Å². The van der Waals surface area contributed by atoms with Gasteiger partial charge in [0.15, 0.2) is 5.60 Å². The predicted octanol–water partition coefficient (Wildman–Crippen LogP) is 4.93. The van der Waals surface area contributed by atoms with Crippen LogP contribution in [0.5, 0.6) is 11.5 Å². The van der Waals surface area contributed by atoms with E-state index in [4.69, 9.17) is 23.4 Å². The number of carbonyl (C=O) groups excluding carboxylic acids is 1. The number of aromatic nitrogens is 1. The molecule has 1 fully saturated rings. The molecule has 34 heavy (non-hydrogen) atoms. The van der Waals surface area contributed by atoms with Crippen molar-refractivity contribution in [3.8, 4) is 23.0 Å². The first-order chi connectivity index (χ1) is 16.5. The minimum atomic E-state index is -0.871. The van der Waals surface area contributed by atoms with Crippen LogP contribution in [0, 0.1) is 6.92 Å². The van der Waals surface area contributed by atoms with Crippen molar-refractivity contribution in [2.45, 2.75) is 45.1 Å².